The highest BCUT2D eigenvalue weighted by atomic mass is 16.2. The van der Waals surface area contributed by atoms with E-state index in [2.05, 4.69) is 39.4 Å². The Morgan fingerprint density at radius 1 is 1.23 bits per heavy atom. The van der Waals surface area contributed by atoms with E-state index in [-0.39, 0.29) is 5.92 Å². The van der Waals surface area contributed by atoms with Crippen LogP contribution >= 0.6 is 0 Å². The summed E-state index contributed by atoms with van der Waals surface area (Å²) in [6, 6.07) is 12.5. The normalized spacial score (nSPS) is 27.6. The van der Waals surface area contributed by atoms with Gasteiger partial charge >= 0.3 is 0 Å². The lowest BCUT2D eigenvalue weighted by molar-refractivity contribution is -0.133. The van der Waals surface area contributed by atoms with Crippen molar-refractivity contribution in [1.29, 1.82) is 0 Å². The number of hydrogen-bond acceptors (Lipinski definition) is 2. The Balaban J connectivity index is 1.41. The summed E-state index contributed by atoms with van der Waals surface area (Å²) in [4.78, 5) is 14.8. The van der Waals surface area contributed by atoms with Crippen LogP contribution in [-0.4, -0.2) is 34.1 Å². The highest BCUT2D eigenvalue weighted by molar-refractivity contribution is 5.83. The second-order valence-electron chi connectivity index (χ2n) is 6.49. The first kappa shape index (κ1) is 13.6. The van der Waals surface area contributed by atoms with Gasteiger partial charge in [0, 0.05) is 36.8 Å². The Labute approximate surface area is 130 Å². The predicted molar refractivity (Wildman–Crippen MR) is 84.4 cm³/mol. The van der Waals surface area contributed by atoms with E-state index in [0.717, 1.165) is 38.0 Å². The average molecular weight is 295 g/mol. The molecule has 1 amide bonds. The molecule has 2 aliphatic rings. The summed E-state index contributed by atoms with van der Waals surface area (Å²) in [6.45, 7) is 1.74. The summed E-state index contributed by atoms with van der Waals surface area (Å²) in [7, 11) is 0. The summed E-state index contributed by atoms with van der Waals surface area (Å²) in [5.74, 6) is 1.39. The molecule has 2 heterocycles. The van der Waals surface area contributed by atoms with Gasteiger partial charge in [0.1, 0.15) is 0 Å². The van der Waals surface area contributed by atoms with Crippen LogP contribution in [0.15, 0.2) is 42.6 Å². The van der Waals surface area contributed by atoms with Crippen molar-refractivity contribution in [2.75, 3.05) is 13.1 Å². The first-order valence-electron chi connectivity index (χ1n) is 8.16. The smallest absolute Gasteiger partial charge is 0.226 e. The molecule has 4 heteroatoms. The number of aromatic nitrogens is 2. The maximum Gasteiger partial charge on any atom is 0.226 e. The Bertz CT molecular complexity index is 638. The Kier molecular flexibility index (Phi) is 3.45. The van der Waals surface area contributed by atoms with Crippen LogP contribution in [0.25, 0.3) is 0 Å². The number of nitrogens with one attached hydrogen (secondary N) is 1. The van der Waals surface area contributed by atoms with Crippen LogP contribution in [0.1, 0.15) is 42.4 Å². The standard InChI is InChI=1S/C18H21N3O/c22-18(16-11-15(16)13-5-2-1-3-6-13)21-10-4-7-14(12-21)17-8-9-19-20-17/h1-3,5-6,8-9,14-16H,4,7,10-12H2,(H,19,20)/t14-,15-,16-/m1/s1. The number of likely N-dealkylation sites (tertiary alicyclic amines) is 1. The fourth-order valence-electron chi connectivity index (χ4n) is 3.70. The van der Waals surface area contributed by atoms with Gasteiger partial charge in [-0.2, -0.15) is 5.10 Å². The van der Waals surface area contributed by atoms with Gasteiger partial charge in [-0.15, -0.1) is 0 Å². The van der Waals surface area contributed by atoms with E-state index in [1.165, 1.54) is 5.56 Å². The van der Waals surface area contributed by atoms with Gasteiger partial charge < -0.3 is 4.90 Å². The maximum absolute atomic E-state index is 12.8. The second kappa shape index (κ2) is 5.59. The van der Waals surface area contributed by atoms with Gasteiger partial charge in [0.25, 0.3) is 0 Å². The molecule has 0 spiro atoms. The highest BCUT2D eigenvalue weighted by Gasteiger charge is 2.46. The number of nitrogens with zero attached hydrogens (tertiary/aromatic N) is 2. The molecule has 1 saturated heterocycles. The molecule has 0 radical (unpaired) electrons. The lowest BCUT2D eigenvalue weighted by atomic mass is 9.94. The largest absolute Gasteiger partial charge is 0.342 e. The van der Waals surface area contributed by atoms with E-state index >= 15 is 0 Å². The molecule has 1 aliphatic heterocycles. The van der Waals surface area contributed by atoms with Crippen molar-refractivity contribution in [3.63, 3.8) is 0 Å². The van der Waals surface area contributed by atoms with E-state index in [4.69, 9.17) is 0 Å². The number of rotatable bonds is 3. The van der Waals surface area contributed by atoms with Crippen molar-refractivity contribution in [1.82, 2.24) is 15.1 Å². The fourth-order valence-corrected chi connectivity index (χ4v) is 3.70. The summed E-state index contributed by atoms with van der Waals surface area (Å²) >= 11 is 0. The van der Waals surface area contributed by atoms with Crippen LogP contribution in [0.5, 0.6) is 0 Å². The van der Waals surface area contributed by atoms with Crippen molar-refractivity contribution < 1.29 is 4.79 Å². The maximum atomic E-state index is 12.8. The summed E-state index contributed by atoms with van der Waals surface area (Å²) in [6.07, 6.45) is 5.02. The lowest BCUT2D eigenvalue weighted by Crippen LogP contribution is -2.40. The zero-order chi connectivity index (χ0) is 14.9. The van der Waals surface area contributed by atoms with E-state index in [9.17, 15) is 4.79 Å². The third-order valence-corrected chi connectivity index (χ3v) is 5.03. The molecule has 114 valence electrons. The molecule has 2 fully saturated rings. The number of piperidine rings is 1. The minimum Gasteiger partial charge on any atom is -0.342 e. The molecule has 4 rings (SSSR count). The Hall–Kier alpha value is -2.10. The summed E-state index contributed by atoms with van der Waals surface area (Å²) in [5.41, 5.74) is 2.47. The highest BCUT2D eigenvalue weighted by Crippen LogP contribution is 2.48. The van der Waals surface area contributed by atoms with E-state index in [1.807, 2.05) is 12.1 Å². The number of aromatic amines is 1. The number of benzene rings is 1. The average Bonchev–Trinajstić information content (AvgIpc) is 3.19. The lowest BCUT2D eigenvalue weighted by Gasteiger charge is -2.32. The first-order valence-corrected chi connectivity index (χ1v) is 8.16. The van der Waals surface area contributed by atoms with Gasteiger partial charge in [0.2, 0.25) is 5.91 Å². The van der Waals surface area contributed by atoms with Gasteiger partial charge in [-0.3, -0.25) is 9.89 Å². The van der Waals surface area contributed by atoms with Crippen LogP contribution in [0.4, 0.5) is 0 Å². The van der Waals surface area contributed by atoms with Crippen molar-refractivity contribution in [3.8, 4) is 0 Å². The third-order valence-electron chi connectivity index (χ3n) is 5.03. The zero-order valence-electron chi connectivity index (χ0n) is 12.6. The first-order chi connectivity index (χ1) is 10.8. The number of carbonyl (C=O) groups excluding carboxylic acids is 1. The molecular formula is C18H21N3O. The zero-order valence-corrected chi connectivity index (χ0v) is 12.6. The summed E-state index contributed by atoms with van der Waals surface area (Å²) < 4.78 is 0. The van der Waals surface area contributed by atoms with Gasteiger partial charge in [-0.05, 0) is 36.8 Å². The molecule has 4 nitrogen and oxygen atoms in total. The van der Waals surface area contributed by atoms with Crippen LogP contribution in [0, 0.1) is 5.92 Å². The Morgan fingerprint density at radius 3 is 2.86 bits per heavy atom. The molecule has 0 bridgehead atoms. The quantitative estimate of drug-likeness (QED) is 0.946. The van der Waals surface area contributed by atoms with E-state index in [0.29, 0.717) is 17.7 Å². The SMILES string of the molecule is O=C([C@@H]1C[C@@H]1c1ccccc1)N1CCC[C@@H](c2ccn[nH]2)C1. The topological polar surface area (TPSA) is 49.0 Å². The monoisotopic (exact) mass is 295 g/mol. The minimum absolute atomic E-state index is 0.197. The van der Waals surface area contributed by atoms with Crippen LogP contribution in [0.2, 0.25) is 0 Å². The van der Waals surface area contributed by atoms with Crippen molar-refractivity contribution in [2.45, 2.75) is 31.1 Å². The number of H-pyrrole nitrogens is 1. The molecule has 1 aromatic carbocycles. The minimum atomic E-state index is 0.197. The molecule has 1 aromatic heterocycles. The van der Waals surface area contributed by atoms with Crippen molar-refractivity contribution in [2.24, 2.45) is 5.92 Å². The number of hydrogen-bond donors (Lipinski definition) is 1. The van der Waals surface area contributed by atoms with Gasteiger partial charge in [-0.25, -0.2) is 0 Å². The van der Waals surface area contributed by atoms with Crippen molar-refractivity contribution >= 4 is 5.91 Å². The second-order valence-corrected chi connectivity index (χ2v) is 6.49. The molecule has 3 atom stereocenters. The third kappa shape index (κ3) is 2.54. The van der Waals surface area contributed by atoms with E-state index in [1.54, 1.807) is 6.20 Å². The van der Waals surface area contributed by atoms with Gasteiger partial charge in [0.15, 0.2) is 0 Å². The number of carbonyl (C=O) groups is 1. The summed E-state index contributed by atoms with van der Waals surface area (Å²) in [5, 5.41) is 7.10. The molecule has 0 unspecified atom stereocenters. The van der Waals surface area contributed by atoms with Crippen molar-refractivity contribution in [3.05, 3.63) is 53.9 Å². The fraction of sp³-hybridized carbons (Fsp3) is 0.444. The van der Waals surface area contributed by atoms with Crippen LogP contribution < -0.4 is 0 Å². The molecule has 1 aliphatic carbocycles. The predicted octanol–water partition coefficient (Wildman–Crippen LogP) is 2.92. The van der Waals surface area contributed by atoms with Crippen LogP contribution in [-0.2, 0) is 4.79 Å². The number of amides is 1. The van der Waals surface area contributed by atoms with Gasteiger partial charge in [-0.1, -0.05) is 30.3 Å². The van der Waals surface area contributed by atoms with E-state index < -0.39 is 0 Å². The van der Waals surface area contributed by atoms with Gasteiger partial charge in [0.05, 0.1) is 0 Å². The molecular weight excluding hydrogens is 274 g/mol. The molecule has 2 aromatic rings. The molecule has 22 heavy (non-hydrogen) atoms. The Morgan fingerprint density at radius 2 is 2.09 bits per heavy atom. The molecule has 1 saturated carbocycles. The molecule has 1 N–H and O–H groups in total. The van der Waals surface area contributed by atoms with Crippen LogP contribution in [0.3, 0.4) is 0 Å².